The van der Waals surface area contributed by atoms with Gasteiger partial charge in [0.2, 0.25) is 5.91 Å². The number of rotatable bonds is 5. The number of halogens is 3. The van der Waals surface area contributed by atoms with E-state index in [4.69, 9.17) is 39.5 Å². The SMILES string of the molecule is COC(=O)c1c(-c2ccc(Cl)cc2)csc1NC(=O)/C=C/c1ccc(Cl)cc1Cl. The lowest BCUT2D eigenvalue weighted by atomic mass is 10.0. The number of carbonyl (C=O) groups is 2. The Bertz CT molecular complexity index is 1090. The van der Waals surface area contributed by atoms with Crippen LogP contribution in [0.15, 0.2) is 53.9 Å². The average Bonchev–Trinajstić information content (AvgIpc) is 3.10. The van der Waals surface area contributed by atoms with Gasteiger partial charge in [-0.25, -0.2) is 4.79 Å². The van der Waals surface area contributed by atoms with E-state index in [0.717, 1.165) is 5.56 Å². The first-order chi connectivity index (χ1) is 13.9. The molecule has 1 heterocycles. The summed E-state index contributed by atoms with van der Waals surface area (Å²) in [6.07, 6.45) is 2.90. The Morgan fingerprint density at radius 1 is 1.03 bits per heavy atom. The molecule has 1 aromatic heterocycles. The van der Waals surface area contributed by atoms with Crippen molar-refractivity contribution in [2.75, 3.05) is 12.4 Å². The highest BCUT2D eigenvalue weighted by molar-refractivity contribution is 7.15. The zero-order valence-electron chi connectivity index (χ0n) is 15.0. The van der Waals surface area contributed by atoms with Crippen molar-refractivity contribution in [2.45, 2.75) is 0 Å². The van der Waals surface area contributed by atoms with Crippen molar-refractivity contribution in [3.8, 4) is 11.1 Å². The number of nitrogens with one attached hydrogen (secondary N) is 1. The predicted molar refractivity (Wildman–Crippen MR) is 120 cm³/mol. The van der Waals surface area contributed by atoms with Crippen molar-refractivity contribution in [3.05, 3.63) is 80.1 Å². The number of methoxy groups -OCH3 is 1. The van der Waals surface area contributed by atoms with E-state index in [0.29, 0.717) is 31.2 Å². The van der Waals surface area contributed by atoms with Crippen molar-refractivity contribution in [3.63, 3.8) is 0 Å². The number of benzene rings is 2. The third kappa shape index (κ3) is 5.19. The summed E-state index contributed by atoms with van der Waals surface area (Å²) in [6.45, 7) is 0. The van der Waals surface area contributed by atoms with Crippen molar-refractivity contribution in [1.29, 1.82) is 0 Å². The van der Waals surface area contributed by atoms with Crippen LogP contribution in [0.2, 0.25) is 15.1 Å². The van der Waals surface area contributed by atoms with E-state index in [-0.39, 0.29) is 5.56 Å². The number of amides is 1. The third-order valence-corrected chi connectivity index (χ3v) is 5.66. The van der Waals surface area contributed by atoms with Gasteiger partial charge in [-0.2, -0.15) is 0 Å². The van der Waals surface area contributed by atoms with Gasteiger partial charge in [0.05, 0.1) is 7.11 Å². The molecule has 0 bridgehead atoms. The second kappa shape index (κ2) is 9.46. The fourth-order valence-corrected chi connectivity index (χ4v) is 4.11. The summed E-state index contributed by atoms with van der Waals surface area (Å²) in [4.78, 5) is 24.7. The van der Waals surface area contributed by atoms with E-state index in [2.05, 4.69) is 5.32 Å². The lowest BCUT2D eigenvalue weighted by molar-refractivity contribution is -0.111. The first-order valence-electron chi connectivity index (χ1n) is 8.29. The number of thiophene rings is 1. The van der Waals surface area contributed by atoms with Crippen LogP contribution in [0.25, 0.3) is 17.2 Å². The fourth-order valence-electron chi connectivity index (χ4n) is 2.55. The van der Waals surface area contributed by atoms with Crippen LogP contribution in [0, 0.1) is 0 Å². The van der Waals surface area contributed by atoms with Crippen molar-refractivity contribution >= 4 is 69.1 Å². The minimum absolute atomic E-state index is 0.283. The minimum atomic E-state index is -0.545. The lowest BCUT2D eigenvalue weighted by Gasteiger charge is -2.07. The highest BCUT2D eigenvalue weighted by Gasteiger charge is 2.22. The molecule has 0 unspecified atom stereocenters. The predicted octanol–water partition coefficient (Wildman–Crippen LogP) is 6.81. The first kappa shape index (κ1) is 21.4. The maximum Gasteiger partial charge on any atom is 0.341 e. The summed E-state index contributed by atoms with van der Waals surface area (Å²) in [7, 11) is 1.29. The third-order valence-electron chi connectivity index (χ3n) is 3.95. The molecule has 148 valence electrons. The quantitative estimate of drug-likeness (QED) is 0.332. The van der Waals surface area contributed by atoms with Crippen LogP contribution in [-0.4, -0.2) is 19.0 Å². The maximum atomic E-state index is 12.4. The van der Waals surface area contributed by atoms with Crippen LogP contribution < -0.4 is 5.32 Å². The van der Waals surface area contributed by atoms with Crippen LogP contribution in [0.5, 0.6) is 0 Å². The molecule has 0 saturated heterocycles. The van der Waals surface area contributed by atoms with E-state index >= 15 is 0 Å². The van der Waals surface area contributed by atoms with Crippen molar-refractivity contribution in [1.82, 2.24) is 0 Å². The van der Waals surface area contributed by atoms with Gasteiger partial charge in [0.15, 0.2) is 0 Å². The Morgan fingerprint density at radius 2 is 1.72 bits per heavy atom. The van der Waals surface area contributed by atoms with E-state index in [1.165, 1.54) is 24.5 Å². The van der Waals surface area contributed by atoms with Gasteiger partial charge in [-0.1, -0.05) is 53.0 Å². The standard InChI is InChI=1S/C21H14Cl3NO3S/c1-28-21(27)19-16(12-2-6-14(22)7-3-12)11-29-20(19)25-18(26)9-5-13-4-8-15(23)10-17(13)24/h2-11H,1H3,(H,25,26)/b9-5+. The first-order valence-corrected chi connectivity index (χ1v) is 10.3. The van der Waals surface area contributed by atoms with Gasteiger partial charge in [0.25, 0.3) is 0 Å². The molecule has 1 N–H and O–H groups in total. The van der Waals surface area contributed by atoms with Crippen LogP contribution in [-0.2, 0) is 9.53 Å². The Hall–Kier alpha value is -2.31. The Balaban J connectivity index is 1.86. The number of esters is 1. The number of hydrogen-bond donors (Lipinski definition) is 1. The molecule has 0 atom stereocenters. The molecule has 4 nitrogen and oxygen atoms in total. The van der Waals surface area contributed by atoms with Gasteiger partial charge in [-0.15, -0.1) is 11.3 Å². The second-order valence-electron chi connectivity index (χ2n) is 5.84. The lowest BCUT2D eigenvalue weighted by Crippen LogP contribution is -2.11. The Kier molecular flexibility index (Phi) is 6.98. The number of hydrogen-bond acceptors (Lipinski definition) is 4. The van der Waals surface area contributed by atoms with Gasteiger partial charge in [-0.05, 0) is 41.5 Å². The monoisotopic (exact) mass is 465 g/mol. The van der Waals surface area contributed by atoms with Crippen LogP contribution in [0.4, 0.5) is 5.00 Å². The molecule has 3 rings (SSSR count). The van der Waals surface area contributed by atoms with Crippen molar-refractivity contribution < 1.29 is 14.3 Å². The molecule has 0 aliphatic heterocycles. The molecule has 0 radical (unpaired) electrons. The largest absolute Gasteiger partial charge is 0.465 e. The van der Waals surface area contributed by atoms with Crippen LogP contribution in [0.3, 0.4) is 0 Å². The zero-order chi connectivity index (χ0) is 21.0. The molecular formula is C21H14Cl3NO3S. The number of ether oxygens (including phenoxy) is 1. The van der Waals surface area contributed by atoms with Gasteiger partial charge >= 0.3 is 5.97 Å². The molecular weight excluding hydrogens is 453 g/mol. The molecule has 2 aromatic carbocycles. The summed E-state index contributed by atoms with van der Waals surface area (Å²) in [5, 5.41) is 6.42. The van der Waals surface area contributed by atoms with Crippen molar-refractivity contribution in [2.24, 2.45) is 0 Å². The van der Waals surface area contributed by atoms with E-state index in [9.17, 15) is 9.59 Å². The minimum Gasteiger partial charge on any atom is -0.465 e. The summed E-state index contributed by atoms with van der Waals surface area (Å²) < 4.78 is 4.90. The van der Waals surface area contributed by atoms with Gasteiger partial charge < -0.3 is 10.1 Å². The fraction of sp³-hybridized carbons (Fsp3) is 0.0476. The zero-order valence-corrected chi connectivity index (χ0v) is 18.1. The molecule has 0 aliphatic carbocycles. The average molecular weight is 467 g/mol. The summed E-state index contributed by atoms with van der Waals surface area (Å²) in [5.74, 6) is -0.957. The normalized spacial score (nSPS) is 10.9. The van der Waals surface area contributed by atoms with Gasteiger partial charge in [0.1, 0.15) is 10.6 Å². The molecule has 29 heavy (non-hydrogen) atoms. The number of carbonyl (C=O) groups excluding carboxylic acids is 2. The highest BCUT2D eigenvalue weighted by atomic mass is 35.5. The van der Waals surface area contributed by atoms with Gasteiger partial charge in [0, 0.05) is 32.1 Å². The summed E-state index contributed by atoms with van der Waals surface area (Å²) in [6, 6.07) is 12.0. The smallest absolute Gasteiger partial charge is 0.341 e. The highest BCUT2D eigenvalue weighted by Crippen LogP contribution is 2.36. The van der Waals surface area contributed by atoms with Crippen LogP contribution >= 0.6 is 46.1 Å². The molecule has 3 aromatic rings. The van der Waals surface area contributed by atoms with Crippen LogP contribution in [0.1, 0.15) is 15.9 Å². The van der Waals surface area contributed by atoms with Gasteiger partial charge in [-0.3, -0.25) is 4.79 Å². The molecule has 0 aliphatic rings. The topological polar surface area (TPSA) is 55.4 Å². The Labute approximate surface area is 186 Å². The summed E-state index contributed by atoms with van der Waals surface area (Å²) in [5.41, 5.74) is 2.37. The van der Waals surface area contributed by atoms with E-state index in [1.807, 2.05) is 0 Å². The number of anilines is 1. The van der Waals surface area contributed by atoms with E-state index in [1.54, 1.807) is 53.9 Å². The molecule has 1 amide bonds. The maximum absolute atomic E-state index is 12.4. The molecule has 0 saturated carbocycles. The Morgan fingerprint density at radius 3 is 2.38 bits per heavy atom. The molecule has 0 fully saturated rings. The molecule has 0 spiro atoms. The second-order valence-corrected chi connectivity index (χ2v) is 8.00. The van der Waals surface area contributed by atoms with E-state index < -0.39 is 11.9 Å². The molecule has 8 heteroatoms. The summed E-state index contributed by atoms with van der Waals surface area (Å²) >= 11 is 19.1.